The highest BCUT2D eigenvalue weighted by Gasteiger charge is 2.11. The molecule has 1 rings (SSSR count). The molecule has 0 atom stereocenters. The van der Waals surface area contributed by atoms with Gasteiger partial charge in [-0.15, -0.1) is 0 Å². The zero-order valence-corrected chi connectivity index (χ0v) is 6.38. The van der Waals surface area contributed by atoms with Crippen LogP contribution in [0, 0.1) is 10.1 Å². The largest absolute Gasteiger partial charge is 0.490 e. The summed E-state index contributed by atoms with van der Waals surface area (Å²) in [5.74, 6) is -0.368. The highest BCUT2D eigenvalue weighted by molar-refractivity contribution is 4.96. The van der Waals surface area contributed by atoms with Crippen molar-refractivity contribution in [2.24, 2.45) is 5.73 Å². The lowest BCUT2D eigenvalue weighted by molar-refractivity contribution is -0.394. The second kappa shape index (κ2) is 3.77. The first-order chi connectivity index (χ1) is 5.74. The van der Waals surface area contributed by atoms with Crippen molar-refractivity contribution in [2.45, 2.75) is 13.0 Å². The van der Waals surface area contributed by atoms with E-state index < -0.39 is 4.92 Å². The van der Waals surface area contributed by atoms with Gasteiger partial charge in [0.15, 0.2) is 0 Å². The minimum atomic E-state index is -0.626. The fourth-order valence-electron chi connectivity index (χ4n) is 0.729. The first-order valence-corrected chi connectivity index (χ1v) is 3.48. The molecule has 0 unspecified atom stereocenters. The van der Waals surface area contributed by atoms with Gasteiger partial charge in [-0.25, -0.2) is 0 Å². The summed E-state index contributed by atoms with van der Waals surface area (Å²) in [5.41, 5.74) is 5.25. The first-order valence-electron chi connectivity index (χ1n) is 3.48. The Kier molecular flexibility index (Phi) is 2.70. The van der Waals surface area contributed by atoms with Gasteiger partial charge in [-0.3, -0.25) is 0 Å². The molecule has 0 fully saturated rings. The summed E-state index contributed by atoms with van der Waals surface area (Å²) in [6.07, 6.45) is 2.06. The summed E-state index contributed by atoms with van der Waals surface area (Å²) in [7, 11) is 0. The molecule has 1 aromatic heterocycles. The van der Waals surface area contributed by atoms with Gasteiger partial charge in [-0.05, 0) is 17.9 Å². The molecule has 7 nitrogen and oxygen atoms in total. The van der Waals surface area contributed by atoms with Gasteiger partial charge < -0.3 is 15.8 Å². The van der Waals surface area contributed by atoms with Crippen LogP contribution in [-0.4, -0.2) is 26.2 Å². The number of nitrogens with two attached hydrogens (primary N) is 1. The molecule has 0 saturated heterocycles. The van der Waals surface area contributed by atoms with Gasteiger partial charge in [0.25, 0.3) is 0 Å². The molecule has 2 N–H and O–H groups in total. The normalized spacial score (nSPS) is 10.1. The molecule has 0 radical (unpaired) electrons. The maximum atomic E-state index is 10.1. The smallest absolute Gasteiger partial charge is 0.390 e. The molecule has 1 aromatic rings. The molecule has 0 aliphatic heterocycles. The SMILES string of the molecule is NCCCn1cnc([N+](=O)[O-])n1. The highest BCUT2D eigenvalue weighted by atomic mass is 16.6. The van der Waals surface area contributed by atoms with Crippen LogP contribution in [0.15, 0.2) is 6.33 Å². The Balaban J connectivity index is 2.58. The molecule has 7 heteroatoms. The minimum absolute atomic E-state index is 0.368. The van der Waals surface area contributed by atoms with E-state index in [1.165, 1.54) is 11.0 Å². The van der Waals surface area contributed by atoms with Gasteiger partial charge in [0.05, 0.1) is 6.54 Å². The van der Waals surface area contributed by atoms with Gasteiger partial charge in [-0.2, -0.15) is 4.68 Å². The van der Waals surface area contributed by atoms with Crippen LogP contribution >= 0.6 is 0 Å². The van der Waals surface area contributed by atoms with Crippen molar-refractivity contribution >= 4 is 5.95 Å². The maximum absolute atomic E-state index is 10.1. The maximum Gasteiger partial charge on any atom is 0.490 e. The van der Waals surface area contributed by atoms with E-state index in [2.05, 4.69) is 10.1 Å². The summed E-state index contributed by atoms with van der Waals surface area (Å²) in [5, 5.41) is 13.7. The number of hydrogen-bond donors (Lipinski definition) is 1. The Morgan fingerprint density at radius 3 is 3.00 bits per heavy atom. The molecular formula is C5H9N5O2. The molecular weight excluding hydrogens is 162 g/mol. The van der Waals surface area contributed by atoms with E-state index in [1.807, 2.05) is 0 Å². The van der Waals surface area contributed by atoms with Crippen molar-refractivity contribution in [3.05, 3.63) is 16.4 Å². The quantitative estimate of drug-likeness (QED) is 0.487. The van der Waals surface area contributed by atoms with Crippen LogP contribution < -0.4 is 5.73 Å². The van der Waals surface area contributed by atoms with Crippen molar-refractivity contribution in [1.29, 1.82) is 0 Å². The van der Waals surface area contributed by atoms with Crippen LogP contribution in [0.25, 0.3) is 0 Å². The summed E-state index contributed by atoms with van der Waals surface area (Å²) >= 11 is 0. The number of aryl methyl sites for hydroxylation is 1. The van der Waals surface area contributed by atoms with E-state index >= 15 is 0 Å². The number of nitro groups is 1. The van der Waals surface area contributed by atoms with E-state index in [0.29, 0.717) is 13.1 Å². The fraction of sp³-hybridized carbons (Fsp3) is 0.600. The average molecular weight is 171 g/mol. The van der Waals surface area contributed by atoms with Crippen LogP contribution in [0.2, 0.25) is 0 Å². The summed E-state index contributed by atoms with van der Waals surface area (Å²) in [4.78, 5) is 13.0. The standard InChI is InChI=1S/C5H9N5O2/c6-2-1-3-9-4-7-5(8-9)10(11)12/h4H,1-3,6H2. The number of hydrogen-bond acceptors (Lipinski definition) is 5. The average Bonchev–Trinajstić information content (AvgIpc) is 2.48. The molecule has 1 heterocycles. The molecule has 12 heavy (non-hydrogen) atoms. The summed E-state index contributed by atoms with van der Waals surface area (Å²) in [6.45, 7) is 1.10. The van der Waals surface area contributed by atoms with E-state index in [0.717, 1.165) is 6.42 Å². The predicted molar refractivity (Wildman–Crippen MR) is 40.3 cm³/mol. The lowest BCUT2D eigenvalue weighted by atomic mass is 10.4. The van der Waals surface area contributed by atoms with Crippen molar-refractivity contribution in [2.75, 3.05) is 6.54 Å². The lowest BCUT2D eigenvalue weighted by Crippen LogP contribution is -2.06. The molecule has 0 spiro atoms. The number of aromatic nitrogens is 3. The summed E-state index contributed by atoms with van der Waals surface area (Å²) in [6, 6.07) is 0. The van der Waals surface area contributed by atoms with E-state index in [1.54, 1.807) is 0 Å². The van der Waals surface area contributed by atoms with Gasteiger partial charge in [0.2, 0.25) is 6.33 Å². The second-order valence-corrected chi connectivity index (χ2v) is 2.21. The van der Waals surface area contributed by atoms with Crippen molar-refractivity contribution in [3.8, 4) is 0 Å². The van der Waals surface area contributed by atoms with Gasteiger partial charge in [0, 0.05) is 5.10 Å². The Morgan fingerprint density at radius 2 is 2.50 bits per heavy atom. The predicted octanol–water partition coefficient (Wildman–Crippen LogP) is -0.465. The number of rotatable bonds is 4. The Hall–Kier alpha value is -1.50. The third kappa shape index (κ3) is 1.99. The van der Waals surface area contributed by atoms with Crippen molar-refractivity contribution in [3.63, 3.8) is 0 Å². The van der Waals surface area contributed by atoms with Crippen LogP contribution in [-0.2, 0) is 6.54 Å². The van der Waals surface area contributed by atoms with Gasteiger partial charge in [0.1, 0.15) is 0 Å². The first kappa shape index (κ1) is 8.60. The van der Waals surface area contributed by atoms with Crippen LogP contribution in [0.4, 0.5) is 5.95 Å². The lowest BCUT2D eigenvalue weighted by Gasteiger charge is -1.91. The Morgan fingerprint density at radius 1 is 1.75 bits per heavy atom. The molecule has 0 amide bonds. The monoisotopic (exact) mass is 171 g/mol. The van der Waals surface area contributed by atoms with Crippen molar-refractivity contribution in [1.82, 2.24) is 14.8 Å². The van der Waals surface area contributed by atoms with Gasteiger partial charge >= 0.3 is 5.95 Å². The Labute approximate surface area is 68.3 Å². The van der Waals surface area contributed by atoms with Gasteiger partial charge in [-0.1, -0.05) is 4.98 Å². The molecule has 0 saturated carbocycles. The van der Waals surface area contributed by atoms with E-state index in [-0.39, 0.29) is 5.95 Å². The topological polar surface area (TPSA) is 99.9 Å². The van der Waals surface area contributed by atoms with Crippen LogP contribution in [0.3, 0.4) is 0 Å². The Bertz CT molecular complexity index is 271. The van der Waals surface area contributed by atoms with Crippen molar-refractivity contribution < 1.29 is 4.92 Å². The fourth-order valence-corrected chi connectivity index (χ4v) is 0.729. The molecule has 0 aliphatic carbocycles. The molecule has 0 aliphatic rings. The van der Waals surface area contributed by atoms with E-state index in [4.69, 9.17) is 5.73 Å². The highest BCUT2D eigenvalue weighted by Crippen LogP contribution is 1.99. The molecule has 0 bridgehead atoms. The zero-order valence-electron chi connectivity index (χ0n) is 6.38. The third-order valence-corrected chi connectivity index (χ3v) is 1.28. The minimum Gasteiger partial charge on any atom is -0.390 e. The van der Waals surface area contributed by atoms with E-state index in [9.17, 15) is 10.1 Å². The van der Waals surface area contributed by atoms with Crippen LogP contribution in [0.5, 0.6) is 0 Å². The summed E-state index contributed by atoms with van der Waals surface area (Å²) < 4.78 is 1.41. The molecule has 0 aromatic carbocycles. The zero-order chi connectivity index (χ0) is 8.97. The third-order valence-electron chi connectivity index (χ3n) is 1.28. The number of nitrogens with zero attached hydrogens (tertiary/aromatic N) is 4. The van der Waals surface area contributed by atoms with Crippen LogP contribution in [0.1, 0.15) is 6.42 Å². The molecule has 66 valence electrons. The second-order valence-electron chi connectivity index (χ2n) is 2.21.